The molecule has 0 saturated carbocycles. The number of ether oxygens (including phenoxy) is 1. The maximum absolute atomic E-state index is 8.79. The van der Waals surface area contributed by atoms with Gasteiger partial charge in [0.2, 0.25) is 0 Å². The molecule has 0 bridgehead atoms. The molecule has 1 unspecified atom stereocenters. The molecular weight excluding hydrogens is 346 g/mol. The van der Waals surface area contributed by atoms with E-state index in [9.17, 15) is 0 Å². The molecular formula is C24H33N3O. The number of aryl methyl sites for hydroxylation is 1. The van der Waals surface area contributed by atoms with Gasteiger partial charge in [0.05, 0.1) is 12.7 Å². The fourth-order valence-corrected chi connectivity index (χ4v) is 3.04. The van der Waals surface area contributed by atoms with Crippen LogP contribution in [-0.2, 0) is 6.42 Å². The first-order chi connectivity index (χ1) is 13.7. The van der Waals surface area contributed by atoms with Crippen molar-refractivity contribution >= 4 is 0 Å². The first kappa shape index (κ1) is 21.9. The summed E-state index contributed by atoms with van der Waals surface area (Å²) in [5.41, 5.74) is 2.20. The van der Waals surface area contributed by atoms with Crippen molar-refractivity contribution in [2.24, 2.45) is 5.92 Å². The lowest BCUT2D eigenvalue weighted by Crippen LogP contribution is -2.02. The van der Waals surface area contributed by atoms with Crippen molar-refractivity contribution in [2.75, 3.05) is 6.61 Å². The van der Waals surface area contributed by atoms with Crippen molar-refractivity contribution in [1.29, 1.82) is 5.26 Å². The third-order valence-electron chi connectivity index (χ3n) is 4.93. The number of nitriles is 1. The number of hydrogen-bond donors (Lipinski definition) is 0. The minimum Gasteiger partial charge on any atom is -0.494 e. The Labute approximate surface area is 170 Å². The van der Waals surface area contributed by atoms with Crippen LogP contribution in [0.5, 0.6) is 5.75 Å². The standard InChI is InChI=1S/C24H33N3O/c1-3-4-5-6-7-8-9-10-21-18-26-24(27-19-21)22-11-13-23(14-12-22)28-16-15-20(2)17-25/h11-14,18-20H,3-10,15-16H2,1-2H3. The van der Waals surface area contributed by atoms with E-state index in [0.29, 0.717) is 6.61 Å². The van der Waals surface area contributed by atoms with Gasteiger partial charge < -0.3 is 4.74 Å². The lowest BCUT2D eigenvalue weighted by molar-refractivity contribution is 0.297. The lowest BCUT2D eigenvalue weighted by atomic mass is 10.1. The normalized spacial score (nSPS) is 11.8. The van der Waals surface area contributed by atoms with Gasteiger partial charge in [-0.2, -0.15) is 5.26 Å². The summed E-state index contributed by atoms with van der Waals surface area (Å²) in [5, 5.41) is 8.79. The lowest BCUT2D eigenvalue weighted by Gasteiger charge is -2.08. The van der Waals surface area contributed by atoms with Gasteiger partial charge in [0.1, 0.15) is 5.75 Å². The number of hydrogen-bond acceptors (Lipinski definition) is 4. The van der Waals surface area contributed by atoms with E-state index in [0.717, 1.165) is 30.0 Å². The van der Waals surface area contributed by atoms with Crippen molar-refractivity contribution < 1.29 is 4.74 Å². The molecule has 2 rings (SSSR count). The molecule has 1 atom stereocenters. The molecule has 1 aromatic carbocycles. The van der Waals surface area contributed by atoms with Crippen LogP contribution in [0.1, 0.15) is 70.8 Å². The summed E-state index contributed by atoms with van der Waals surface area (Å²) in [6.45, 7) is 4.71. The van der Waals surface area contributed by atoms with Gasteiger partial charge in [0.15, 0.2) is 5.82 Å². The smallest absolute Gasteiger partial charge is 0.159 e. The van der Waals surface area contributed by atoms with Crippen LogP contribution in [0.4, 0.5) is 0 Å². The summed E-state index contributed by atoms with van der Waals surface area (Å²) in [6.07, 6.45) is 14.9. The first-order valence-electron chi connectivity index (χ1n) is 10.7. The summed E-state index contributed by atoms with van der Waals surface area (Å²) >= 11 is 0. The van der Waals surface area contributed by atoms with Crippen molar-refractivity contribution in [3.05, 3.63) is 42.2 Å². The molecule has 0 aliphatic carbocycles. The van der Waals surface area contributed by atoms with Gasteiger partial charge >= 0.3 is 0 Å². The molecule has 28 heavy (non-hydrogen) atoms. The average molecular weight is 380 g/mol. The molecule has 0 saturated heterocycles. The minimum atomic E-state index is 0.0206. The molecule has 0 fully saturated rings. The van der Waals surface area contributed by atoms with E-state index >= 15 is 0 Å². The molecule has 4 nitrogen and oxygen atoms in total. The first-order valence-corrected chi connectivity index (χ1v) is 10.7. The van der Waals surface area contributed by atoms with Gasteiger partial charge in [-0.3, -0.25) is 0 Å². The monoisotopic (exact) mass is 379 g/mol. The third kappa shape index (κ3) is 8.08. The van der Waals surface area contributed by atoms with Crippen molar-refractivity contribution in [2.45, 2.75) is 71.6 Å². The zero-order valence-corrected chi connectivity index (χ0v) is 17.4. The molecule has 1 aromatic heterocycles. The van der Waals surface area contributed by atoms with E-state index < -0.39 is 0 Å². The Kier molecular flexibility index (Phi) is 10.1. The molecule has 1 heterocycles. The average Bonchev–Trinajstić information content (AvgIpc) is 2.74. The number of aromatic nitrogens is 2. The van der Waals surface area contributed by atoms with Crippen molar-refractivity contribution in [1.82, 2.24) is 9.97 Å². The van der Waals surface area contributed by atoms with Crippen LogP contribution in [0.25, 0.3) is 11.4 Å². The molecule has 150 valence electrons. The Bertz CT molecular complexity index is 704. The van der Waals surface area contributed by atoms with Crippen LogP contribution in [0, 0.1) is 17.2 Å². The largest absolute Gasteiger partial charge is 0.494 e. The maximum Gasteiger partial charge on any atom is 0.159 e. The van der Waals surface area contributed by atoms with E-state index in [-0.39, 0.29) is 5.92 Å². The Morgan fingerprint density at radius 1 is 0.964 bits per heavy atom. The molecule has 0 aliphatic rings. The van der Waals surface area contributed by atoms with Crippen LogP contribution in [-0.4, -0.2) is 16.6 Å². The second kappa shape index (κ2) is 12.9. The fourth-order valence-electron chi connectivity index (χ4n) is 3.04. The Morgan fingerprint density at radius 2 is 1.61 bits per heavy atom. The van der Waals surface area contributed by atoms with Crippen molar-refractivity contribution in [3.63, 3.8) is 0 Å². The highest BCUT2D eigenvalue weighted by Crippen LogP contribution is 2.20. The zero-order chi connectivity index (χ0) is 20.0. The predicted molar refractivity (Wildman–Crippen MR) is 114 cm³/mol. The SMILES string of the molecule is CCCCCCCCCc1cnc(-c2ccc(OCCC(C)C#N)cc2)nc1. The van der Waals surface area contributed by atoms with Crippen LogP contribution >= 0.6 is 0 Å². The highest BCUT2D eigenvalue weighted by molar-refractivity contribution is 5.55. The Balaban J connectivity index is 1.74. The summed E-state index contributed by atoms with van der Waals surface area (Å²) in [6, 6.07) is 10.0. The van der Waals surface area contributed by atoms with Crippen LogP contribution in [0.15, 0.2) is 36.7 Å². The molecule has 2 aromatic rings. The van der Waals surface area contributed by atoms with E-state index in [1.807, 2.05) is 43.6 Å². The number of rotatable bonds is 13. The van der Waals surface area contributed by atoms with Crippen LogP contribution < -0.4 is 4.74 Å². The molecule has 0 spiro atoms. The van der Waals surface area contributed by atoms with E-state index in [1.165, 1.54) is 50.5 Å². The number of benzene rings is 1. The Hall–Kier alpha value is -2.41. The van der Waals surface area contributed by atoms with Gasteiger partial charge in [-0.15, -0.1) is 0 Å². The third-order valence-corrected chi connectivity index (χ3v) is 4.93. The second-order valence-corrected chi connectivity index (χ2v) is 7.48. The van der Waals surface area contributed by atoms with Crippen LogP contribution in [0.2, 0.25) is 0 Å². The maximum atomic E-state index is 8.79. The molecule has 0 aliphatic heterocycles. The van der Waals surface area contributed by atoms with Crippen molar-refractivity contribution in [3.8, 4) is 23.2 Å². The van der Waals surface area contributed by atoms with E-state index in [4.69, 9.17) is 10.00 Å². The number of nitrogens with zero attached hydrogens (tertiary/aromatic N) is 3. The second-order valence-electron chi connectivity index (χ2n) is 7.48. The highest BCUT2D eigenvalue weighted by atomic mass is 16.5. The zero-order valence-electron chi connectivity index (χ0n) is 17.4. The summed E-state index contributed by atoms with van der Waals surface area (Å²) in [7, 11) is 0. The number of unbranched alkanes of at least 4 members (excludes halogenated alkanes) is 6. The Morgan fingerprint density at radius 3 is 2.25 bits per heavy atom. The minimum absolute atomic E-state index is 0.0206. The van der Waals surface area contributed by atoms with E-state index in [2.05, 4.69) is 23.0 Å². The van der Waals surface area contributed by atoms with Gasteiger partial charge in [-0.25, -0.2) is 9.97 Å². The van der Waals surface area contributed by atoms with Crippen LogP contribution in [0.3, 0.4) is 0 Å². The molecule has 0 N–H and O–H groups in total. The van der Waals surface area contributed by atoms with Gasteiger partial charge in [-0.1, -0.05) is 45.4 Å². The topological polar surface area (TPSA) is 58.8 Å². The quantitative estimate of drug-likeness (QED) is 0.380. The summed E-state index contributed by atoms with van der Waals surface area (Å²) in [5.74, 6) is 1.57. The summed E-state index contributed by atoms with van der Waals surface area (Å²) in [4.78, 5) is 9.05. The van der Waals surface area contributed by atoms with Gasteiger partial charge in [0.25, 0.3) is 0 Å². The molecule has 4 heteroatoms. The predicted octanol–water partition coefficient (Wildman–Crippen LogP) is 6.37. The van der Waals surface area contributed by atoms with Gasteiger partial charge in [0, 0.05) is 23.9 Å². The molecule has 0 amide bonds. The van der Waals surface area contributed by atoms with Gasteiger partial charge in [-0.05, 0) is 56.0 Å². The summed E-state index contributed by atoms with van der Waals surface area (Å²) < 4.78 is 5.68. The van der Waals surface area contributed by atoms with E-state index in [1.54, 1.807) is 0 Å². The highest BCUT2D eigenvalue weighted by Gasteiger charge is 2.04. The fraction of sp³-hybridized carbons (Fsp3) is 0.542. The molecule has 0 radical (unpaired) electrons.